The van der Waals surface area contributed by atoms with Crippen molar-refractivity contribution in [3.8, 4) is 5.75 Å². The molecule has 0 aliphatic heterocycles. The van der Waals surface area contributed by atoms with Crippen LogP contribution in [-0.2, 0) is 9.36 Å². The van der Waals surface area contributed by atoms with E-state index >= 15 is 0 Å². The standard InChI is InChI=1S/C14H12Cl2NO5P/c15-10-6-5-9(7-11(10)16)17-14(18)8-22-12-3-1-2-4-13(12)23(19,20)21/h1-7H,8H2,(H,17,18)(H2,19,20,21). The first kappa shape index (κ1) is 17.8. The fraction of sp³-hybridized carbons (Fsp3) is 0.0714. The molecular weight excluding hydrogens is 364 g/mol. The number of amides is 1. The molecule has 2 aromatic rings. The highest BCUT2D eigenvalue weighted by Crippen LogP contribution is 2.37. The largest absolute Gasteiger partial charge is 0.483 e. The van der Waals surface area contributed by atoms with Crippen LogP contribution in [0.25, 0.3) is 0 Å². The van der Waals surface area contributed by atoms with Gasteiger partial charge >= 0.3 is 7.60 Å². The zero-order valence-corrected chi connectivity index (χ0v) is 14.0. The fourth-order valence-electron chi connectivity index (χ4n) is 1.73. The number of ether oxygens (including phenoxy) is 1. The number of carbonyl (C=O) groups is 1. The normalized spacial score (nSPS) is 11.1. The zero-order chi connectivity index (χ0) is 17.0. The molecule has 0 aliphatic rings. The van der Waals surface area contributed by atoms with E-state index in [4.69, 9.17) is 27.9 Å². The number of halogens is 2. The molecule has 122 valence electrons. The molecule has 0 heterocycles. The molecule has 9 heteroatoms. The van der Waals surface area contributed by atoms with Crippen LogP contribution in [0.1, 0.15) is 0 Å². The number of rotatable bonds is 5. The van der Waals surface area contributed by atoms with Crippen molar-refractivity contribution in [3.63, 3.8) is 0 Å². The van der Waals surface area contributed by atoms with Gasteiger partial charge in [0, 0.05) is 5.69 Å². The SMILES string of the molecule is O=C(COc1ccccc1P(=O)(O)O)Nc1ccc(Cl)c(Cl)c1. The maximum Gasteiger partial charge on any atom is 0.359 e. The van der Waals surface area contributed by atoms with Gasteiger partial charge in [-0.2, -0.15) is 0 Å². The molecule has 0 atom stereocenters. The van der Waals surface area contributed by atoms with E-state index in [1.165, 1.54) is 30.3 Å². The van der Waals surface area contributed by atoms with Crippen molar-refractivity contribution in [1.29, 1.82) is 0 Å². The van der Waals surface area contributed by atoms with Gasteiger partial charge in [-0.25, -0.2) is 0 Å². The summed E-state index contributed by atoms with van der Waals surface area (Å²) in [6.07, 6.45) is 0. The molecule has 3 N–H and O–H groups in total. The van der Waals surface area contributed by atoms with Gasteiger partial charge in [0.25, 0.3) is 5.91 Å². The van der Waals surface area contributed by atoms with Gasteiger partial charge in [0.15, 0.2) is 6.61 Å². The van der Waals surface area contributed by atoms with Crippen molar-refractivity contribution in [2.75, 3.05) is 11.9 Å². The van der Waals surface area contributed by atoms with E-state index in [1.54, 1.807) is 12.1 Å². The summed E-state index contributed by atoms with van der Waals surface area (Å²) >= 11 is 11.6. The molecule has 0 saturated heterocycles. The summed E-state index contributed by atoms with van der Waals surface area (Å²) in [6, 6.07) is 10.2. The number of para-hydroxylation sites is 1. The fourth-order valence-corrected chi connectivity index (χ4v) is 2.74. The number of benzene rings is 2. The third-order valence-corrected chi connectivity index (χ3v) is 4.48. The molecule has 0 spiro atoms. The predicted molar refractivity (Wildman–Crippen MR) is 88.7 cm³/mol. The minimum atomic E-state index is -4.48. The maximum absolute atomic E-state index is 11.8. The lowest BCUT2D eigenvalue weighted by Gasteiger charge is -2.12. The predicted octanol–water partition coefficient (Wildman–Crippen LogP) is 2.81. The Morgan fingerprint density at radius 2 is 1.83 bits per heavy atom. The average molecular weight is 376 g/mol. The Morgan fingerprint density at radius 3 is 2.48 bits per heavy atom. The number of carbonyl (C=O) groups excluding carboxylic acids is 1. The maximum atomic E-state index is 11.8. The van der Waals surface area contributed by atoms with E-state index in [-0.39, 0.29) is 16.1 Å². The third kappa shape index (κ3) is 4.96. The van der Waals surface area contributed by atoms with Crippen LogP contribution >= 0.6 is 30.8 Å². The van der Waals surface area contributed by atoms with Gasteiger partial charge in [-0.05, 0) is 30.3 Å². The Balaban J connectivity index is 2.02. The highest BCUT2D eigenvalue weighted by Gasteiger charge is 2.22. The van der Waals surface area contributed by atoms with Crippen molar-refractivity contribution in [1.82, 2.24) is 0 Å². The van der Waals surface area contributed by atoms with E-state index in [1.807, 2.05) is 0 Å². The third-order valence-electron chi connectivity index (χ3n) is 2.74. The lowest BCUT2D eigenvalue weighted by atomic mass is 10.3. The number of nitrogens with one attached hydrogen (secondary N) is 1. The van der Waals surface area contributed by atoms with Gasteiger partial charge in [0.2, 0.25) is 0 Å². The van der Waals surface area contributed by atoms with E-state index < -0.39 is 20.1 Å². The molecule has 0 aromatic heterocycles. The Bertz CT molecular complexity index is 778. The monoisotopic (exact) mass is 375 g/mol. The van der Waals surface area contributed by atoms with Gasteiger partial charge in [0.1, 0.15) is 11.1 Å². The first-order valence-electron chi connectivity index (χ1n) is 6.30. The molecule has 23 heavy (non-hydrogen) atoms. The van der Waals surface area contributed by atoms with E-state index in [0.29, 0.717) is 10.7 Å². The molecule has 2 rings (SSSR count). The summed E-state index contributed by atoms with van der Waals surface area (Å²) in [5.41, 5.74) is 0.427. The Morgan fingerprint density at radius 1 is 1.13 bits per heavy atom. The molecule has 0 aliphatic carbocycles. The van der Waals surface area contributed by atoms with Crippen molar-refractivity contribution in [3.05, 3.63) is 52.5 Å². The molecule has 0 fully saturated rings. The summed E-state index contributed by atoms with van der Waals surface area (Å²) in [4.78, 5) is 30.3. The highest BCUT2D eigenvalue weighted by atomic mass is 35.5. The van der Waals surface area contributed by atoms with Crippen LogP contribution in [0.3, 0.4) is 0 Å². The lowest BCUT2D eigenvalue weighted by Crippen LogP contribution is -2.22. The van der Waals surface area contributed by atoms with E-state index in [2.05, 4.69) is 5.32 Å². The summed E-state index contributed by atoms with van der Waals surface area (Å²) < 4.78 is 16.5. The average Bonchev–Trinajstić information content (AvgIpc) is 2.48. The molecule has 1 amide bonds. The van der Waals surface area contributed by atoms with Gasteiger partial charge in [-0.15, -0.1) is 0 Å². The van der Waals surface area contributed by atoms with E-state index in [9.17, 15) is 19.1 Å². The minimum absolute atomic E-state index is 0.0508. The molecule has 0 bridgehead atoms. The molecule has 2 aromatic carbocycles. The quantitative estimate of drug-likeness (QED) is 0.698. The molecule has 0 radical (unpaired) electrons. The molecule has 0 unspecified atom stereocenters. The van der Waals surface area contributed by atoms with Crippen molar-refractivity contribution in [2.24, 2.45) is 0 Å². The molecule has 0 saturated carbocycles. The Hall–Kier alpha value is -1.56. The van der Waals surface area contributed by atoms with Gasteiger partial charge in [-0.1, -0.05) is 35.3 Å². The van der Waals surface area contributed by atoms with Gasteiger partial charge in [-0.3, -0.25) is 9.36 Å². The topological polar surface area (TPSA) is 95.9 Å². The molecular formula is C14H12Cl2NO5P. The van der Waals surface area contributed by atoms with Crippen LogP contribution in [0, 0.1) is 0 Å². The first-order chi connectivity index (χ1) is 10.8. The van der Waals surface area contributed by atoms with Crippen LogP contribution in [0.15, 0.2) is 42.5 Å². The van der Waals surface area contributed by atoms with Gasteiger partial charge in [0.05, 0.1) is 10.0 Å². The summed E-state index contributed by atoms with van der Waals surface area (Å²) in [7, 11) is -4.48. The van der Waals surface area contributed by atoms with Crippen molar-refractivity contribution >= 4 is 47.7 Å². The molecule has 6 nitrogen and oxygen atoms in total. The Kier molecular flexibility index (Phi) is 5.68. The Labute approximate surface area is 142 Å². The van der Waals surface area contributed by atoms with E-state index in [0.717, 1.165) is 0 Å². The van der Waals surface area contributed by atoms with Crippen LogP contribution < -0.4 is 15.4 Å². The minimum Gasteiger partial charge on any atom is -0.483 e. The second kappa shape index (κ2) is 7.34. The number of anilines is 1. The second-order valence-electron chi connectivity index (χ2n) is 4.48. The van der Waals surface area contributed by atoms with Crippen molar-refractivity contribution < 1.29 is 23.9 Å². The first-order valence-corrected chi connectivity index (χ1v) is 8.67. The van der Waals surface area contributed by atoms with Gasteiger partial charge < -0.3 is 19.8 Å². The highest BCUT2D eigenvalue weighted by molar-refractivity contribution is 7.60. The zero-order valence-electron chi connectivity index (χ0n) is 11.6. The summed E-state index contributed by atoms with van der Waals surface area (Å²) in [5, 5.41) is 2.91. The van der Waals surface area contributed by atoms with Crippen LogP contribution in [0.4, 0.5) is 5.69 Å². The summed E-state index contributed by atoms with van der Waals surface area (Å²) in [5.74, 6) is -0.561. The van der Waals surface area contributed by atoms with Crippen LogP contribution in [0.2, 0.25) is 10.0 Å². The lowest BCUT2D eigenvalue weighted by molar-refractivity contribution is -0.118. The smallest absolute Gasteiger partial charge is 0.359 e. The second-order valence-corrected chi connectivity index (χ2v) is 6.86. The van der Waals surface area contributed by atoms with Crippen LogP contribution in [0.5, 0.6) is 5.75 Å². The number of hydrogen-bond donors (Lipinski definition) is 3. The summed E-state index contributed by atoms with van der Waals surface area (Å²) in [6.45, 7) is -0.419. The van der Waals surface area contributed by atoms with Crippen LogP contribution in [-0.4, -0.2) is 22.3 Å². The number of hydrogen-bond acceptors (Lipinski definition) is 3. The van der Waals surface area contributed by atoms with Crippen molar-refractivity contribution in [2.45, 2.75) is 0 Å².